The van der Waals surface area contributed by atoms with Gasteiger partial charge in [0.25, 0.3) is 5.56 Å². The smallest absolute Gasteiger partial charge is 0.280 e. The molecule has 0 fully saturated rings. The maximum absolute atomic E-state index is 13.3. The molecule has 22 heavy (non-hydrogen) atoms. The molecule has 0 unspecified atom stereocenters. The molecule has 0 saturated heterocycles. The van der Waals surface area contributed by atoms with Crippen molar-refractivity contribution in [3.8, 4) is 0 Å². The van der Waals surface area contributed by atoms with Gasteiger partial charge in [0.15, 0.2) is 5.16 Å². The first-order valence-corrected chi connectivity index (χ1v) is 8.17. The molecule has 112 valence electrons. The first kappa shape index (κ1) is 15.1. The van der Waals surface area contributed by atoms with Crippen LogP contribution in [0.5, 0.6) is 0 Å². The number of benzene rings is 2. The number of thioether (sulfide) groups is 1. The fourth-order valence-electron chi connectivity index (χ4n) is 2.03. The molecule has 2 N–H and O–H groups in total. The molecule has 1 heterocycles. The number of nitrogen functional groups attached to an aromatic ring is 1. The molecule has 0 aliphatic carbocycles. The minimum atomic E-state index is -0.433. The van der Waals surface area contributed by atoms with Gasteiger partial charge >= 0.3 is 0 Å². The van der Waals surface area contributed by atoms with Gasteiger partial charge in [0, 0.05) is 16.3 Å². The average molecular weight is 380 g/mol. The van der Waals surface area contributed by atoms with Crippen molar-refractivity contribution in [1.29, 1.82) is 0 Å². The normalized spacial score (nSPS) is 11.0. The van der Waals surface area contributed by atoms with E-state index < -0.39 is 5.82 Å². The number of rotatable bonds is 3. The van der Waals surface area contributed by atoms with E-state index in [4.69, 9.17) is 5.84 Å². The summed E-state index contributed by atoms with van der Waals surface area (Å²) in [4.78, 5) is 16.5. The van der Waals surface area contributed by atoms with E-state index in [0.29, 0.717) is 21.8 Å². The third-order valence-corrected chi connectivity index (χ3v) is 4.61. The van der Waals surface area contributed by atoms with Gasteiger partial charge in [-0.2, -0.15) is 0 Å². The maximum atomic E-state index is 13.3. The van der Waals surface area contributed by atoms with Gasteiger partial charge in [-0.15, -0.1) is 0 Å². The summed E-state index contributed by atoms with van der Waals surface area (Å²) in [5.41, 5.74) is 0.984. The number of hydrogen-bond acceptors (Lipinski definition) is 4. The summed E-state index contributed by atoms with van der Waals surface area (Å²) >= 11 is 4.74. The number of nitrogens with zero attached hydrogens (tertiary/aromatic N) is 2. The predicted molar refractivity (Wildman–Crippen MR) is 89.8 cm³/mol. The monoisotopic (exact) mass is 379 g/mol. The van der Waals surface area contributed by atoms with Gasteiger partial charge in [0.2, 0.25) is 0 Å². The van der Waals surface area contributed by atoms with Crippen molar-refractivity contribution < 1.29 is 4.39 Å². The molecule has 3 aromatic rings. The SMILES string of the molecule is Nn1c(SCc2cccc(Br)c2)nc2cc(F)ccc2c1=O. The first-order valence-electron chi connectivity index (χ1n) is 6.39. The van der Waals surface area contributed by atoms with Crippen molar-refractivity contribution in [2.45, 2.75) is 10.9 Å². The highest BCUT2D eigenvalue weighted by Crippen LogP contribution is 2.23. The molecule has 3 rings (SSSR count). The summed E-state index contributed by atoms with van der Waals surface area (Å²) in [5.74, 6) is 5.97. The van der Waals surface area contributed by atoms with Gasteiger partial charge in [-0.25, -0.2) is 14.1 Å². The Bertz CT molecular complexity index is 913. The van der Waals surface area contributed by atoms with Crippen LogP contribution in [-0.2, 0) is 5.75 Å². The molecule has 2 aromatic carbocycles. The second-order valence-corrected chi connectivity index (χ2v) is 6.51. The van der Waals surface area contributed by atoms with Crippen LogP contribution in [0.15, 0.2) is 56.9 Å². The molecule has 0 saturated carbocycles. The molecule has 0 atom stereocenters. The Morgan fingerprint density at radius 1 is 1.27 bits per heavy atom. The number of nitrogens with two attached hydrogens (primary N) is 1. The van der Waals surface area contributed by atoms with Crippen molar-refractivity contribution in [1.82, 2.24) is 9.66 Å². The highest BCUT2D eigenvalue weighted by Gasteiger charge is 2.10. The summed E-state index contributed by atoms with van der Waals surface area (Å²) in [6, 6.07) is 11.7. The zero-order valence-electron chi connectivity index (χ0n) is 11.3. The Kier molecular flexibility index (Phi) is 4.17. The van der Waals surface area contributed by atoms with E-state index in [2.05, 4.69) is 20.9 Å². The Hall–Kier alpha value is -1.86. The highest BCUT2D eigenvalue weighted by molar-refractivity contribution is 9.10. The molecular weight excluding hydrogens is 369 g/mol. The zero-order chi connectivity index (χ0) is 15.7. The van der Waals surface area contributed by atoms with Crippen LogP contribution in [0.1, 0.15) is 5.56 Å². The van der Waals surface area contributed by atoms with Crippen LogP contribution < -0.4 is 11.4 Å². The molecule has 1 aromatic heterocycles. The summed E-state index contributed by atoms with van der Waals surface area (Å²) in [5, 5.41) is 0.652. The van der Waals surface area contributed by atoms with E-state index in [1.807, 2.05) is 24.3 Å². The largest absolute Gasteiger partial charge is 0.334 e. The fourth-order valence-corrected chi connectivity index (χ4v) is 3.34. The van der Waals surface area contributed by atoms with Gasteiger partial charge < -0.3 is 5.84 Å². The summed E-state index contributed by atoms with van der Waals surface area (Å²) in [6.07, 6.45) is 0. The quantitative estimate of drug-likeness (QED) is 0.430. The van der Waals surface area contributed by atoms with Crippen LogP contribution in [0.3, 0.4) is 0 Å². The molecule has 0 aliphatic heterocycles. The van der Waals surface area contributed by atoms with Crippen LogP contribution >= 0.6 is 27.7 Å². The lowest BCUT2D eigenvalue weighted by molar-refractivity contribution is 0.628. The van der Waals surface area contributed by atoms with E-state index in [0.717, 1.165) is 14.7 Å². The fraction of sp³-hybridized carbons (Fsp3) is 0.0667. The van der Waals surface area contributed by atoms with Gasteiger partial charge in [0.1, 0.15) is 5.82 Å². The van der Waals surface area contributed by atoms with Crippen molar-refractivity contribution in [3.05, 3.63) is 68.7 Å². The minimum Gasteiger partial charge on any atom is -0.334 e. The number of hydrogen-bond donors (Lipinski definition) is 1. The number of halogens is 2. The Morgan fingerprint density at radius 3 is 2.86 bits per heavy atom. The number of aromatic nitrogens is 2. The zero-order valence-corrected chi connectivity index (χ0v) is 13.7. The third kappa shape index (κ3) is 3.00. The van der Waals surface area contributed by atoms with Crippen LogP contribution in [0.25, 0.3) is 10.9 Å². The Labute approximate surface area is 138 Å². The minimum absolute atomic E-state index is 0.302. The molecule has 0 aliphatic rings. The molecular formula is C15H11BrFN3OS. The third-order valence-electron chi connectivity index (χ3n) is 3.09. The highest BCUT2D eigenvalue weighted by atomic mass is 79.9. The second-order valence-electron chi connectivity index (χ2n) is 4.65. The van der Waals surface area contributed by atoms with E-state index >= 15 is 0 Å². The summed E-state index contributed by atoms with van der Waals surface area (Å²) in [7, 11) is 0. The van der Waals surface area contributed by atoms with Crippen LogP contribution in [0, 0.1) is 5.82 Å². The lowest BCUT2D eigenvalue weighted by Gasteiger charge is -2.08. The molecule has 0 spiro atoms. The predicted octanol–water partition coefficient (Wildman–Crippen LogP) is 3.30. The average Bonchev–Trinajstić information content (AvgIpc) is 2.49. The first-order chi connectivity index (χ1) is 10.5. The maximum Gasteiger partial charge on any atom is 0.280 e. The van der Waals surface area contributed by atoms with Crippen molar-refractivity contribution in [2.24, 2.45) is 0 Å². The standard InChI is InChI=1S/C15H11BrFN3OS/c16-10-3-1-2-9(6-10)8-22-15-19-13-7-11(17)4-5-12(13)14(21)20(15)18/h1-7H,8,18H2. The van der Waals surface area contributed by atoms with E-state index in [1.165, 1.54) is 30.0 Å². The lowest BCUT2D eigenvalue weighted by Crippen LogP contribution is -2.29. The molecule has 4 nitrogen and oxygen atoms in total. The Morgan fingerprint density at radius 2 is 2.09 bits per heavy atom. The van der Waals surface area contributed by atoms with Crippen molar-refractivity contribution in [3.63, 3.8) is 0 Å². The van der Waals surface area contributed by atoms with E-state index in [1.54, 1.807) is 0 Å². The van der Waals surface area contributed by atoms with Gasteiger partial charge in [-0.3, -0.25) is 4.79 Å². The summed E-state index contributed by atoms with van der Waals surface area (Å²) < 4.78 is 15.3. The summed E-state index contributed by atoms with van der Waals surface area (Å²) in [6.45, 7) is 0. The van der Waals surface area contributed by atoms with E-state index in [-0.39, 0.29) is 5.56 Å². The topological polar surface area (TPSA) is 60.9 Å². The van der Waals surface area contributed by atoms with Crippen LogP contribution in [0.4, 0.5) is 4.39 Å². The molecule has 0 bridgehead atoms. The molecule has 0 amide bonds. The van der Waals surface area contributed by atoms with Gasteiger partial charge in [-0.05, 0) is 29.8 Å². The van der Waals surface area contributed by atoms with Crippen molar-refractivity contribution in [2.75, 3.05) is 5.84 Å². The van der Waals surface area contributed by atoms with Crippen LogP contribution in [0.2, 0.25) is 0 Å². The van der Waals surface area contributed by atoms with E-state index in [9.17, 15) is 9.18 Å². The van der Waals surface area contributed by atoms with Crippen molar-refractivity contribution >= 4 is 38.6 Å². The second kappa shape index (κ2) is 6.10. The van der Waals surface area contributed by atoms with Gasteiger partial charge in [-0.1, -0.05) is 39.8 Å². The lowest BCUT2D eigenvalue weighted by atomic mass is 10.2. The molecule has 7 heteroatoms. The Balaban J connectivity index is 1.96. The number of fused-ring (bicyclic) bond motifs is 1. The molecule has 0 radical (unpaired) electrons. The van der Waals surface area contributed by atoms with Crippen LogP contribution in [-0.4, -0.2) is 9.66 Å². The van der Waals surface area contributed by atoms with Gasteiger partial charge in [0.05, 0.1) is 10.9 Å².